The normalized spacial score (nSPS) is 13.4. The van der Waals surface area contributed by atoms with Gasteiger partial charge in [0.2, 0.25) is 0 Å². The highest BCUT2D eigenvalue weighted by atomic mass is 31.2. The molecule has 396 valence electrons. The van der Waals surface area contributed by atoms with Gasteiger partial charge in [-0.05, 0) is 12.8 Å². The number of hydrogen-bond acceptors (Lipinski definition) is 6. The van der Waals surface area contributed by atoms with Crippen LogP contribution in [0, 0.1) is 0 Å². The monoisotopic (exact) mass is 959 g/mol. The minimum absolute atomic E-state index is 0.0945. The number of carbonyl (C=O) groups is 1. The van der Waals surface area contributed by atoms with Crippen molar-refractivity contribution in [3.63, 3.8) is 0 Å². The summed E-state index contributed by atoms with van der Waals surface area (Å²) in [6.07, 6.45) is 58.8. The van der Waals surface area contributed by atoms with Gasteiger partial charge < -0.3 is 18.9 Å². The van der Waals surface area contributed by atoms with Gasteiger partial charge >= 0.3 is 13.8 Å². The van der Waals surface area contributed by atoms with Crippen molar-refractivity contribution in [3.05, 3.63) is 0 Å². The van der Waals surface area contributed by atoms with Crippen LogP contribution in [0.1, 0.15) is 303 Å². The SMILES string of the molecule is CCCCCCCCCCCCCCCCCCCCCCCCCCC(=O)O[C@H](COCCCCCCCCCCCCCCCCCCCCCC)COP(=O)(O)OCC[N+](C)(C)C. The summed E-state index contributed by atoms with van der Waals surface area (Å²) in [5.74, 6) is -0.302. The summed E-state index contributed by atoms with van der Waals surface area (Å²) in [5.41, 5.74) is 0. The summed E-state index contributed by atoms with van der Waals surface area (Å²) in [6.45, 7) is 5.72. The third kappa shape index (κ3) is 54.4. The van der Waals surface area contributed by atoms with Gasteiger partial charge in [-0.2, -0.15) is 0 Å². The van der Waals surface area contributed by atoms with E-state index >= 15 is 0 Å². The van der Waals surface area contributed by atoms with Gasteiger partial charge in [-0.15, -0.1) is 0 Å². The predicted molar refractivity (Wildman–Crippen MR) is 284 cm³/mol. The second-order valence-electron chi connectivity index (χ2n) is 21.4. The first-order chi connectivity index (χ1) is 32.1. The van der Waals surface area contributed by atoms with E-state index in [0.717, 1.165) is 32.1 Å². The van der Waals surface area contributed by atoms with Crippen molar-refractivity contribution in [2.75, 3.05) is 54.1 Å². The Morgan fingerprint density at radius 1 is 0.409 bits per heavy atom. The van der Waals surface area contributed by atoms with E-state index in [0.29, 0.717) is 24.1 Å². The van der Waals surface area contributed by atoms with E-state index in [1.807, 2.05) is 21.1 Å². The van der Waals surface area contributed by atoms with Gasteiger partial charge in [0.1, 0.15) is 19.3 Å². The molecule has 0 bridgehead atoms. The number of rotatable bonds is 56. The number of carbonyl (C=O) groups excluding carboxylic acids is 1. The second-order valence-corrected chi connectivity index (χ2v) is 22.9. The molecule has 9 heteroatoms. The lowest BCUT2D eigenvalue weighted by molar-refractivity contribution is -0.870. The van der Waals surface area contributed by atoms with E-state index in [9.17, 15) is 14.3 Å². The molecule has 66 heavy (non-hydrogen) atoms. The van der Waals surface area contributed by atoms with Gasteiger partial charge in [0.25, 0.3) is 0 Å². The van der Waals surface area contributed by atoms with E-state index in [1.54, 1.807) is 0 Å². The van der Waals surface area contributed by atoms with Crippen LogP contribution in [-0.4, -0.2) is 75.6 Å². The minimum atomic E-state index is -4.28. The molecule has 0 rings (SSSR count). The average molecular weight is 960 g/mol. The molecule has 0 aromatic rings. The van der Waals surface area contributed by atoms with Crippen LogP contribution in [0.2, 0.25) is 0 Å². The highest BCUT2D eigenvalue weighted by Crippen LogP contribution is 2.43. The van der Waals surface area contributed by atoms with Crippen LogP contribution in [0.4, 0.5) is 0 Å². The van der Waals surface area contributed by atoms with Gasteiger partial charge in [-0.3, -0.25) is 13.8 Å². The lowest BCUT2D eigenvalue weighted by atomic mass is 10.0. The molecule has 1 unspecified atom stereocenters. The molecule has 0 spiro atoms. The number of phosphoric ester groups is 1. The third-order valence-corrected chi connectivity index (χ3v) is 14.4. The number of hydrogen-bond donors (Lipinski definition) is 1. The summed E-state index contributed by atoms with van der Waals surface area (Å²) in [5, 5.41) is 0. The number of likely N-dealkylation sites (N-methyl/N-ethyl adjacent to an activating group) is 1. The zero-order valence-corrected chi connectivity index (χ0v) is 46.1. The van der Waals surface area contributed by atoms with E-state index in [4.69, 9.17) is 18.5 Å². The molecule has 0 amide bonds. The highest BCUT2D eigenvalue weighted by molar-refractivity contribution is 7.47. The number of phosphoric acid groups is 1. The second kappa shape index (κ2) is 50.9. The van der Waals surface area contributed by atoms with Crippen molar-refractivity contribution in [2.24, 2.45) is 0 Å². The summed E-state index contributed by atoms with van der Waals surface area (Å²) < 4.78 is 35.3. The summed E-state index contributed by atoms with van der Waals surface area (Å²) in [6, 6.07) is 0. The molecule has 0 saturated heterocycles. The van der Waals surface area contributed by atoms with Gasteiger partial charge in [-0.1, -0.05) is 284 Å². The van der Waals surface area contributed by atoms with E-state index < -0.39 is 13.9 Å². The number of ether oxygens (including phenoxy) is 2. The van der Waals surface area contributed by atoms with Crippen LogP contribution in [-0.2, 0) is 27.9 Å². The molecule has 8 nitrogen and oxygen atoms in total. The highest BCUT2D eigenvalue weighted by Gasteiger charge is 2.26. The summed E-state index contributed by atoms with van der Waals surface area (Å²) in [4.78, 5) is 23.1. The van der Waals surface area contributed by atoms with E-state index in [-0.39, 0.29) is 25.8 Å². The average Bonchev–Trinajstić information content (AvgIpc) is 3.28. The van der Waals surface area contributed by atoms with Crippen LogP contribution in [0.3, 0.4) is 0 Å². The zero-order chi connectivity index (χ0) is 48.3. The van der Waals surface area contributed by atoms with Crippen molar-refractivity contribution in [1.82, 2.24) is 0 Å². The molecule has 2 atom stereocenters. The van der Waals surface area contributed by atoms with E-state index in [1.165, 1.54) is 250 Å². The molecular formula is C57H117NO7P+. The number of quaternary nitrogens is 1. The first-order valence-corrected chi connectivity index (χ1v) is 30.8. The van der Waals surface area contributed by atoms with E-state index in [2.05, 4.69) is 13.8 Å². The molecule has 0 fully saturated rings. The molecule has 0 aromatic carbocycles. The largest absolute Gasteiger partial charge is 0.472 e. The fraction of sp³-hybridized carbons (Fsp3) is 0.982. The fourth-order valence-corrected chi connectivity index (χ4v) is 9.65. The Bertz CT molecular complexity index is 1020. The van der Waals surface area contributed by atoms with Crippen LogP contribution < -0.4 is 0 Å². The molecule has 0 saturated carbocycles. The zero-order valence-electron chi connectivity index (χ0n) is 45.2. The third-order valence-electron chi connectivity index (χ3n) is 13.4. The molecule has 0 heterocycles. The van der Waals surface area contributed by atoms with Crippen LogP contribution in [0.25, 0.3) is 0 Å². The Labute approximate surface area is 412 Å². The number of esters is 1. The standard InChI is InChI=1S/C57H116NO7P/c1-6-8-10-12-14-16-18-20-22-24-26-28-29-30-31-32-34-36-38-40-42-44-46-48-50-57(59)65-56(55-64-66(60,61)63-53-51-58(3,4)5)54-62-52-49-47-45-43-41-39-37-35-33-27-25-23-21-19-17-15-13-11-9-7-2/h56H,6-55H2,1-5H3/p+1/t56-/m1/s1. The van der Waals surface area contributed by atoms with Crippen LogP contribution in [0.15, 0.2) is 0 Å². The summed E-state index contributed by atoms with van der Waals surface area (Å²) in [7, 11) is 1.69. The molecule has 0 aliphatic carbocycles. The number of unbranched alkanes of at least 4 members (excludes halogenated alkanes) is 42. The molecular weight excluding hydrogens is 842 g/mol. The smallest absolute Gasteiger partial charge is 0.457 e. The molecule has 0 radical (unpaired) electrons. The van der Waals surface area contributed by atoms with Crippen molar-refractivity contribution < 1.29 is 37.3 Å². The lowest BCUT2D eigenvalue weighted by Crippen LogP contribution is -2.37. The Balaban J connectivity index is 4.00. The number of nitrogens with zero attached hydrogens (tertiary/aromatic N) is 1. The Morgan fingerprint density at radius 3 is 1.00 bits per heavy atom. The quantitative estimate of drug-likeness (QED) is 0.0281. The Morgan fingerprint density at radius 2 is 0.697 bits per heavy atom. The van der Waals surface area contributed by atoms with Crippen molar-refractivity contribution in [3.8, 4) is 0 Å². The van der Waals surface area contributed by atoms with Crippen molar-refractivity contribution in [1.29, 1.82) is 0 Å². The fourth-order valence-electron chi connectivity index (χ4n) is 8.91. The van der Waals surface area contributed by atoms with Gasteiger partial charge in [-0.25, -0.2) is 4.57 Å². The van der Waals surface area contributed by atoms with Gasteiger partial charge in [0.05, 0.1) is 34.4 Å². The Kier molecular flexibility index (Phi) is 50.5. The first kappa shape index (κ1) is 65.5. The topological polar surface area (TPSA) is 91.3 Å². The van der Waals surface area contributed by atoms with Gasteiger partial charge in [0.15, 0.2) is 0 Å². The molecule has 0 aromatic heterocycles. The maximum atomic E-state index is 12.8. The summed E-state index contributed by atoms with van der Waals surface area (Å²) >= 11 is 0. The lowest BCUT2D eigenvalue weighted by Gasteiger charge is -2.24. The van der Waals surface area contributed by atoms with Crippen molar-refractivity contribution in [2.45, 2.75) is 309 Å². The minimum Gasteiger partial charge on any atom is -0.457 e. The molecule has 1 N–H and O–H groups in total. The first-order valence-electron chi connectivity index (χ1n) is 29.3. The van der Waals surface area contributed by atoms with Gasteiger partial charge in [0, 0.05) is 13.0 Å². The van der Waals surface area contributed by atoms with Crippen LogP contribution in [0.5, 0.6) is 0 Å². The van der Waals surface area contributed by atoms with Crippen molar-refractivity contribution >= 4 is 13.8 Å². The molecule has 0 aliphatic rings. The van der Waals surface area contributed by atoms with Crippen LogP contribution >= 0.6 is 7.82 Å². The molecule has 0 aliphatic heterocycles. The Hall–Kier alpha value is -0.500. The maximum absolute atomic E-state index is 12.8. The predicted octanol–water partition coefficient (Wildman–Crippen LogP) is 18.3. The maximum Gasteiger partial charge on any atom is 0.472 e.